The third-order valence-electron chi connectivity index (χ3n) is 6.22. The molecule has 0 spiro atoms. The summed E-state index contributed by atoms with van der Waals surface area (Å²) >= 11 is 0. The molecule has 4 nitrogen and oxygen atoms in total. The molecule has 0 aliphatic carbocycles. The van der Waals surface area contributed by atoms with Gasteiger partial charge in [0.2, 0.25) is 0 Å². The first-order chi connectivity index (χ1) is 13.4. The molecular weight excluding hydrogens is 352 g/mol. The van der Waals surface area contributed by atoms with Crippen LogP contribution in [0.15, 0.2) is 12.1 Å². The van der Waals surface area contributed by atoms with Crippen LogP contribution in [-0.2, 0) is 9.47 Å². The van der Waals surface area contributed by atoms with Gasteiger partial charge < -0.3 is 18.9 Å². The standard InChI is InChI=1S/C24H30O4/c1-13-7-8-21(27-11-19-9-25-19)22(14(13)2)23-17(5)15(3)16(4)18(6)24(23)28-12-20-10-26-20/h7-8,19-20H,9-12H2,1-6H3. The number of ether oxygens (including phenoxy) is 4. The first-order valence-electron chi connectivity index (χ1n) is 10.1. The van der Waals surface area contributed by atoms with E-state index in [1.807, 2.05) is 0 Å². The lowest BCUT2D eigenvalue weighted by Crippen LogP contribution is -2.11. The van der Waals surface area contributed by atoms with Gasteiger partial charge in [0.05, 0.1) is 13.2 Å². The van der Waals surface area contributed by atoms with E-state index in [1.165, 1.54) is 33.4 Å². The molecule has 2 saturated heterocycles. The predicted molar refractivity (Wildman–Crippen MR) is 111 cm³/mol. The van der Waals surface area contributed by atoms with Crippen LogP contribution in [-0.4, -0.2) is 38.6 Å². The van der Waals surface area contributed by atoms with Crippen molar-refractivity contribution in [2.24, 2.45) is 0 Å². The average Bonchev–Trinajstić information content (AvgIpc) is 3.58. The quantitative estimate of drug-likeness (QED) is 0.648. The lowest BCUT2D eigenvalue weighted by Gasteiger charge is -2.24. The molecule has 0 amide bonds. The fraction of sp³-hybridized carbons (Fsp3) is 0.500. The maximum Gasteiger partial charge on any atom is 0.130 e. The van der Waals surface area contributed by atoms with E-state index in [-0.39, 0.29) is 12.2 Å². The maximum absolute atomic E-state index is 6.35. The van der Waals surface area contributed by atoms with Crippen molar-refractivity contribution in [3.8, 4) is 22.6 Å². The summed E-state index contributed by atoms with van der Waals surface area (Å²) in [5.74, 6) is 1.86. The van der Waals surface area contributed by atoms with E-state index < -0.39 is 0 Å². The third kappa shape index (κ3) is 3.63. The van der Waals surface area contributed by atoms with Crippen molar-refractivity contribution in [1.29, 1.82) is 0 Å². The Balaban J connectivity index is 1.87. The molecule has 2 fully saturated rings. The monoisotopic (exact) mass is 382 g/mol. The lowest BCUT2D eigenvalue weighted by molar-refractivity contribution is 0.260. The van der Waals surface area contributed by atoms with E-state index >= 15 is 0 Å². The Bertz CT molecular complexity index is 908. The van der Waals surface area contributed by atoms with Gasteiger partial charge in [0.15, 0.2) is 0 Å². The molecule has 4 heteroatoms. The van der Waals surface area contributed by atoms with Crippen molar-refractivity contribution < 1.29 is 18.9 Å². The molecule has 0 radical (unpaired) electrons. The van der Waals surface area contributed by atoms with Crippen LogP contribution in [0.3, 0.4) is 0 Å². The summed E-state index contributed by atoms with van der Waals surface area (Å²) in [7, 11) is 0. The van der Waals surface area contributed by atoms with Crippen molar-refractivity contribution in [2.75, 3.05) is 26.4 Å². The number of hydrogen-bond acceptors (Lipinski definition) is 4. The Morgan fingerprint density at radius 1 is 0.714 bits per heavy atom. The number of rotatable bonds is 7. The normalized spacial score (nSPS) is 20.2. The molecule has 2 unspecified atom stereocenters. The molecule has 2 aromatic carbocycles. The minimum absolute atomic E-state index is 0.218. The second kappa shape index (κ2) is 7.41. The van der Waals surface area contributed by atoms with Crippen LogP contribution < -0.4 is 9.47 Å². The highest BCUT2D eigenvalue weighted by molar-refractivity contribution is 5.84. The second-order valence-corrected chi connectivity index (χ2v) is 8.12. The van der Waals surface area contributed by atoms with Gasteiger partial charge in [0.1, 0.15) is 36.9 Å². The number of aryl methyl sites for hydroxylation is 1. The summed E-state index contributed by atoms with van der Waals surface area (Å²) < 4.78 is 23.3. The lowest BCUT2D eigenvalue weighted by atomic mass is 9.86. The number of epoxide rings is 2. The first-order valence-corrected chi connectivity index (χ1v) is 10.1. The summed E-state index contributed by atoms with van der Waals surface area (Å²) in [4.78, 5) is 0. The Kier molecular flexibility index (Phi) is 5.11. The SMILES string of the molecule is Cc1ccc(OCC2CO2)c(-c2c(C)c(C)c(C)c(C)c2OCC2CO2)c1C. The van der Waals surface area contributed by atoms with Gasteiger partial charge >= 0.3 is 0 Å². The Morgan fingerprint density at radius 3 is 1.89 bits per heavy atom. The van der Waals surface area contributed by atoms with Gasteiger partial charge in [-0.2, -0.15) is 0 Å². The zero-order valence-corrected chi connectivity index (χ0v) is 17.8. The number of hydrogen-bond donors (Lipinski definition) is 0. The summed E-state index contributed by atoms with van der Waals surface area (Å²) in [6.07, 6.45) is 0.440. The van der Waals surface area contributed by atoms with Crippen LogP contribution in [0.1, 0.15) is 33.4 Å². The maximum atomic E-state index is 6.35. The fourth-order valence-corrected chi connectivity index (χ4v) is 3.67. The third-order valence-corrected chi connectivity index (χ3v) is 6.22. The molecule has 2 aliphatic rings. The van der Waals surface area contributed by atoms with Crippen molar-refractivity contribution in [2.45, 2.75) is 53.8 Å². The highest BCUT2D eigenvalue weighted by Gasteiger charge is 2.28. The molecule has 28 heavy (non-hydrogen) atoms. The van der Waals surface area contributed by atoms with Crippen LogP contribution in [0.2, 0.25) is 0 Å². The van der Waals surface area contributed by atoms with Gasteiger partial charge in [-0.25, -0.2) is 0 Å². The summed E-state index contributed by atoms with van der Waals surface area (Å²) in [6.45, 7) is 15.8. The Hall–Kier alpha value is -2.04. The first kappa shape index (κ1) is 19.3. The van der Waals surface area contributed by atoms with Gasteiger partial charge in [0.25, 0.3) is 0 Å². The number of benzene rings is 2. The fourth-order valence-electron chi connectivity index (χ4n) is 3.67. The smallest absolute Gasteiger partial charge is 0.130 e. The van der Waals surface area contributed by atoms with E-state index in [4.69, 9.17) is 18.9 Å². The van der Waals surface area contributed by atoms with Crippen molar-refractivity contribution in [3.63, 3.8) is 0 Å². The zero-order valence-electron chi connectivity index (χ0n) is 17.8. The van der Waals surface area contributed by atoms with Gasteiger partial charge in [-0.05, 0) is 81.0 Å². The summed E-state index contributed by atoms with van der Waals surface area (Å²) in [5.41, 5.74) is 9.79. The average molecular weight is 383 g/mol. The van der Waals surface area contributed by atoms with Crippen LogP contribution in [0.25, 0.3) is 11.1 Å². The van der Waals surface area contributed by atoms with E-state index in [2.05, 4.69) is 53.7 Å². The highest BCUT2D eigenvalue weighted by atomic mass is 16.6. The van der Waals surface area contributed by atoms with Crippen LogP contribution in [0, 0.1) is 41.5 Å². The predicted octanol–water partition coefficient (Wildman–Crippen LogP) is 4.76. The van der Waals surface area contributed by atoms with Gasteiger partial charge in [-0.15, -0.1) is 0 Å². The minimum Gasteiger partial charge on any atom is -0.490 e. The molecule has 0 bridgehead atoms. The van der Waals surface area contributed by atoms with E-state index in [1.54, 1.807) is 0 Å². The Labute approximate surface area is 167 Å². The van der Waals surface area contributed by atoms with Crippen LogP contribution in [0.5, 0.6) is 11.5 Å². The molecule has 150 valence electrons. The molecule has 2 heterocycles. The zero-order chi connectivity index (χ0) is 20.0. The van der Waals surface area contributed by atoms with Gasteiger partial charge in [-0.1, -0.05) is 6.07 Å². The molecule has 0 aromatic heterocycles. The van der Waals surface area contributed by atoms with E-state index in [0.29, 0.717) is 13.2 Å². The molecule has 2 atom stereocenters. The van der Waals surface area contributed by atoms with Crippen molar-refractivity contribution in [3.05, 3.63) is 45.5 Å². The van der Waals surface area contributed by atoms with Gasteiger partial charge in [-0.3, -0.25) is 0 Å². The highest BCUT2D eigenvalue weighted by Crippen LogP contribution is 2.46. The van der Waals surface area contributed by atoms with E-state index in [0.717, 1.165) is 35.8 Å². The minimum atomic E-state index is 0.218. The Morgan fingerprint density at radius 2 is 1.29 bits per heavy atom. The second-order valence-electron chi connectivity index (χ2n) is 8.12. The summed E-state index contributed by atoms with van der Waals surface area (Å²) in [5, 5.41) is 0. The topological polar surface area (TPSA) is 43.5 Å². The van der Waals surface area contributed by atoms with E-state index in [9.17, 15) is 0 Å². The summed E-state index contributed by atoms with van der Waals surface area (Å²) in [6, 6.07) is 4.21. The molecular formula is C24H30O4. The molecule has 4 rings (SSSR count). The molecule has 2 aromatic rings. The largest absolute Gasteiger partial charge is 0.490 e. The van der Waals surface area contributed by atoms with Crippen LogP contribution >= 0.6 is 0 Å². The van der Waals surface area contributed by atoms with Crippen molar-refractivity contribution in [1.82, 2.24) is 0 Å². The van der Waals surface area contributed by atoms with Crippen LogP contribution in [0.4, 0.5) is 0 Å². The van der Waals surface area contributed by atoms with Gasteiger partial charge in [0, 0.05) is 11.1 Å². The molecule has 0 saturated carbocycles. The van der Waals surface area contributed by atoms with Crippen molar-refractivity contribution >= 4 is 0 Å². The molecule has 0 N–H and O–H groups in total. The molecule has 2 aliphatic heterocycles.